The van der Waals surface area contributed by atoms with Gasteiger partial charge in [0.1, 0.15) is 0 Å². The smallest absolute Gasteiger partial charge is 0.241 e. The van der Waals surface area contributed by atoms with Crippen molar-refractivity contribution in [1.29, 1.82) is 0 Å². The number of hydrogen-bond donors (Lipinski definition) is 1. The monoisotopic (exact) mass is 225 g/mol. The maximum Gasteiger partial charge on any atom is 0.241 e. The predicted molar refractivity (Wildman–Crippen MR) is 64.0 cm³/mol. The zero-order valence-corrected chi connectivity index (χ0v) is 10.6. The fourth-order valence-electron chi connectivity index (χ4n) is 2.89. The second-order valence-electron chi connectivity index (χ2n) is 5.14. The molecule has 0 saturated carbocycles. The van der Waals surface area contributed by atoms with Crippen molar-refractivity contribution in [1.82, 2.24) is 15.1 Å². The van der Waals surface area contributed by atoms with Crippen LogP contribution >= 0.6 is 0 Å². The maximum absolute atomic E-state index is 12.1. The minimum atomic E-state index is 0.00227. The van der Waals surface area contributed by atoms with Crippen molar-refractivity contribution in [2.75, 3.05) is 20.1 Å². The highest BCUT2D eigenvalue weighted by Crippen LogP contribution is 2.23. The second-order valence-corrected chi connectivity index (χ2v) is 5.14. The van der Waals surface area contributed by atoms with Gasteiger partial charge in [-0.1, -0.05) is 13.3 Å². The van der Waals surface area contributed by atoms with Gasteiger partial charge in [0.2, 0.25) is 5.91 Å². The highest BCUT2D eigenvalue weighted by atomic mass is 16.2. The third-order valence-corrected chi connectivity index (χ3v) is 3.73. The zero-order chi connectivity index (χ0) is 11.7. The fourth-order valence-corrected chi connectivity index (χ4v) is 2.89. The van der Waals surface area contributed by atoms with Gasteiger partial charge in [0.05, 0.1) is 12.2 Å². The lowest BCUT2D eigenvalue weighted by Gasteiger charge is -2.30. The van der Waals surface area contributed by atoms with Crippen LogP contribution in [0.3, 0.4) is 0 Å². The molecule has 3 atom stereocenters. The Morgan fingerprint density at radius 1 is 1.50 bits per heavy atom. The first-order valence-corrected chi connectivity index (χ1v) is 6.40. The first-order valence-electron chi connectivity index (χ1n) is 6.40. The van der Waals surface area contributed by atoms with Crippen molar-refractivity contribution < 1.29 is 4.79 Å². The van der Waals surface area contributed by atoms with Crippen LogP contribution in [0, 0.1) is 0 Å². The molecule has 0 aromatic carbocycles. The average molecular weight is 225 g/mol. The van der Waals surface area contributed by atoms with E-state index in [-0.39, 0.29) is 12.2 Å². The Bertz CT molecular complexity index is 265. The lowest BCUT2D eigenvalue weighted by Crippen LogP contribution is -2.45. The van der Waals surface area contributed by atoms with Gasteiger partial charge >= 0.3 is 0 Å². The molecule has 0 bridgehead atoms. The average Bonchev–Trinajstić information content (AvgIpc) is 2.74. The minimum Gasteiger partial charge on any atom is -0.321 e. The molecule has 0 spiro atoms. The summed E-state index contributed by atoms with van der Waals surface area (Å²) in [6, 6.07) is 0.425. The molecular formula is C12H23N3O. The van der Waals surface area contributed by atoms with E-state index in [1.54, 1.807) is 0 Å². The van der Waals surface area contributed by atoms with Gasteiger partial charge < -0.3 is 9.80 Å². The fraction of sp³-hybridized carbons (Fsp3) is 0.917. The van der Waals surface area contributed by atoms with Crippen molar-refractivity contribution in [3.8, 4) is 0 Å². The minimum absolute atomic E-state index is 0.00227. The first kappa shape index (κ1) is 11.9. The molecule has 0 aromatic heterocycles. The van der Waals surface area contributed by atoms with Gasteiger partial charge in [-0.2, -0.15) is 0 Å². The Kier molecular flexibility index (Phi) is 3.50. The summed E-state index contributed by atoms with van der Waals surface area (Å²) < 4.78 is 0. The summed E-state index contributed by atoms with van der Waals surface area (Å²) in [5.41, 5.74) is 0. The van der Waals surface area contributed by atoms with Crippen LogP contribution in [0.2, 0.25) is 0 Å². The molecule has 0 aliphatic carbocycles. The molecular weight excluding hydrogens is 202 g/mol. The molecule has 4 heteroatoms. The van der Waals surface area contributed by atoms with Gasteiger partial charge in [0, 0.05) is 12.6 Å². The molecule has 0 radical (unpaired) electrons. The van der Waals surface area contributed by atoms with Crippen LogP contribution in [0.15, 0.2) is 0 Å². The van der Waals surface area contributed by atoms with Crippen LogP contribution in [0.4, 0.5) is 0 Å². The van der Waals surface area contributed by atoms with E-state index in [1.807, 2.05) is 6.92 Å². The molecule has 3 unspecified atom stereocenters. The SMILES string of the molecule is CCCC1NC(C)C(=O)N1C1CCN(C)C1. The molecule has 2 heterocycles. The predicted octanol–water partition coefficient (Wildman–Crippen LogP) is 0.637. The molecule has 2 saturated heterocycles. The van der Waals surface area contributed by atoms with Crippen LogP contribution in [0.5, 0.6) is 0 Å². The van der Waals surface area contributed by atoms with E-state index < -0.39 is 0 Å². The number of carbonyl (C=O) groups is 1. The molecule has 1 amide bonds. The third-order valence-electron chi connectivity index (χ3n) is 3.73. The number of hydrogen-bond acceptors (Lipinski definition) is 3. The lowest BCUT2D eigenvalue weighted by molar-refractivity contribution is -0.131. The van der Waals surface area contributed by atoms with Crippen molar-refractivity contribution in [2.24, 2.45) is 0 Å². The van der Waals surface area contributed by atoms with Gasteiger partial charge in [-0.3, -0.25) is 10.1 Å². The highest BCUT2D eigenvalue weighted by Gasteiger charge is 2.41. The Hall–Kier alpha value is -0.610. The Balaban J connectivity index is 2.06. The Morgan fingerprint density at radius 2 is 2.25 bits per heavy atom. The van der Waals surface area contributed by atoms with Gasteiger partial charge in [0.25, 0.3) is 0 Å². The molecule has 1 N–H and O–H groups in total. The van der Waals surface area contributed by atoms with Crippen LogP contribution in [0.1, 0.15) is 33.1 Å². The lowest BCUT2D eigenvalue weighted by atomic mass is 10.1. The largest absolute Gasteiger partial charge is 0.321 e. The molecule has 2 aliphatic rings. The van der Waals surface area contributed by atoms with Gasteiger partial charge in [0.15, 0.2) is 0 Å². The number of nitrogens with one attached hydrogen (secondary N) is 1. The van der Waals surface area contributed by atoms with Crippen molar-refractivity contribution >= 4 is 5.91 Å². The summed E-state index contributed by atoms with van der Waals surface area (Å²) in [6.45, 7) is 6.29. The first-order chi connectivity index (χ1) is 7.63. The number of likely N-dealkylation sites (N-methyl/N-ethyl adjacent to an activating group) is 1. The van der Waals surface area contributed by atoms with Crippen molar-refractivity contribution in [2.45, 2.75) is 51.4 Å². The molecule has 0 aromatic rings. The van der Waals surface area contributed by atoms with E-state index in [9.17, 15) is 4.79 Å². The number of nitrogens with zero attached hydrogens (tertiary/aromatic N) is 2. The van der Waals surface area contributed by atoms with E-state index in [0.29, 0.717) is 11.9 Å². The summed E-state index contributed by atoms with van der Waals surface area (Å²) in [5, 5.41) is 3.40. The normalized spacial score (nSPS) is 36.3. The molecule has 16 heavy (non-hydrogen) atoms. The van der Waals surface area contributed by atoms with Gasteiger partial charge in [-0.15, -0.1) is 0 Å². The van der Waals surface area contributed by atoms with E-state index >= 15 is 0 Å². The summed E-state index contributed by atoms with van der Waals surface area (Å²) >= 11 is 0. The quantitative estimate of drug-likeness (QED) is 0.765. The van der Waals surface area contributed by atoms with E-state index in [0.717, 1.165) is 32.4 Å². The van der Waals surface area contributed by atoms with Crippen LogP contribution in [-0.4, -0.2) is 54.1 Å². The van der Waals surface area contributed by atoms with Gasteiger partial charge in [-0.25, -0.2) is 0 Å². The summed E-state index contributed by atoms with van der Waals surface area (Å²) in [6.07, 6.45) is 3.58. The number of likely N-dealkylation sites (tertiary alicyclic amines) is 1. The van der Waals surface area contributed by atoms with Gasteiger partial charge in [-0.05, 0) is 33.4 Å². The molecule has 2 aliphatic heterocycles. The molecule has 92 valence electrons. The Morgan fingerprint density at radius 3 is 2.81 bits per heavy atom. The van der Waals surface area contributed by atoms with Crippen LogP contribution in [0.25, 0.3) is 0 Å². The van der Waals surface area contributed by atoms with Crippen LogP contribution < -0.4 is 5.32 Å². The topological polar surface area (TPSA) is 35.6 Å². The Labute approximate surface area is 98.0 Å². The molecule has 2 fully saturated rings. The van der Waals surface area contributed by atoms with E-state index in [2.05, 4.69) is 29.1 Å². The summed E-state index contributed by atoms with van der Waals surface area (Å²) in [4.78, 5) is 16.5. The van der Waals surface area contributed by atoms with E-state index in [1.165, 1.54) is 0 Å². The van der Waals surface area contributed by atoms with Crippen molar-refractivity contribution in [3.63, 3.8) is 0 Å². The highest BCUT2D eigenvalue weighted by molar-refractivity contribution is 5.84. The number of amides is 1. The summed E-state index contributed by atoms with van der Waals surface area (Å²) in [5.74, 6) is 0.291. The van der Waals surface area contributed by atoms with E-state index in [4.69, 9.17) is 0 Å². The third kappa shape index (κ3) is 2.09. The number of rotatable bonds is 3. The van der Waals surface area contributed by atoms with Crippen LogP contribution in [-0.2, 0) is 4.79 Å². The standard InChI is InChI=1S/C12H23N3O/c1-4-5-11-13-9(2)12(16)15(11)10-6-7-14(3)8-10/h9-11,13H,4-8H2,1-3H3. The summed E-state index contributed by atoms with van der Waals surface area (Å²) in [7, 11) is 2.13. The zero-order valence-electron chi connectivity index (χ0n) is 10.6. The second kappa shape index (κ2) is 4.72. The molecule has 2 rings (SSSR count). The molecule has 4 nitrogen and oxygen atoms in total. The number of carbonyl (C=O) groups excluding carboxylic acids is 1. The maximum atomic E-state index is 12.1. The van der Waals surface area contributed by atoms with Crippen molar-refractivity contribution in [3.05, 3.63) is 0 Å².